The summed E-state index contributed by atoms with van der Waals surface area (Å²) in [6, 6.07) is 10.4. The number of carboxylic acid groups (broad SMARTS) is 1. The fourth-order valence-corrected chi connectivity index (χ4v) is 2.59. The van der Waals surface area contributed by atoms with E-state index in [0.29, 0.717) is 16.6 Å². The molecule has 0 atom stereocenters. The number of hydrogen-bond acceptors (Lipinski definition) is 3. The summed E-state index contributed by atoms with van der Waals surface area (Å²) in [5.41, 5.74) is 2.10. The van der Waals surface area contributed by atoms with Crippen molar-refractivity contribution in [3.8, 4) is 5.69 Å². The number of para-hydroxylation sites is 1. The van der Waals surface area contributed by atoms with Crippen LogP contribution in [0.15, 0.2) is 47.4 Å². The van der Waals surface area contributed by atoms with Gasteiger partial charge < -0.3 is 5.11 Å². The maximum absolute atomic E-state index is 12.9. The minimum Gasteiger partial charge on any atom is -0.477 e. The molecule has 0 aliphatic heterocycles. The van der Waals surface area contributed by atoms with Crippen LogP contribution in [0.4, 0.5) is 0 Å². The number of carboxylic acids is 1. The number of fused-ring (bicyclic) bond motifs is 1. The summed E-state index contributed by atoms with van der Waals surface area (Å²) in [5, 5.41) is 9.92. The van der Waals surface area contributed by atoms with Gasteiger partial charge in [0.25, 0.3) is 5.56 Å². The van der Waals surface area contributed by atoms with Crippen molar-refractivity contribution in [3.05, 3.63) is 69.8 Å². The summed E-state index contributed by atoms with van der Waals surface area (Å²) < 4.78 is 1.24. The lowest BCUT2D eigenvalue weighted by Gasteiger charge is -2.14. The second kappa shape index (κ2) is 5.11. The van der Waals surface area contributed by atoms with Gasteiger partial charge in [0, 0.05) is 6.20 Å². The summed E-state index contributed by atoms with van der Waals surface area (Å²) in [5.74, 6) is -1.16. The molecule has 3 rings (SSSR count). The Hall–Kier alpha value is -2.95. The minimum absolute atomic E-state index is 0.0927. The van der Waals surface area contributed by atoms with Crippen molar-refractivity contribution < 1.29 is 9.90 Å². The molecule has 2 aromatic heterocycles. The summed E-state index contributed by atoms with van der Waals surface area (Å²) in [4.78, 5) is 28.6. The Balaban J connectivity index is 2.53. The summed E-state index contributed by atoms with van der Waals surface area (Å²) in [6.45, 7) is 3.65. The number of carbonyl (C=O) groups is 1. The van der Waals surface area contributed by atoms with Crippen molar-refractivity contribution in [2.45, 2.75) is 13.8 Å². The molecule has 0 radical (unpaired) electrons. The first-order chi connectivity index (χ1) is 10.5. The second-order valence-corrected chi connectivity index (χ2v) is 5.15. The van der Waals surface area contributed by atoms with E-state index in [4.69, 9.17) is 0 Å². The van der Waals surface area contributed by atoms with E-state index < -0.39 is 5.97 Å². The molecule has 22 heavy (non-hydrogen) atoms. The summed E-state index contributed by atoms with van der Waals surface area (Å²) >= 11 is 0. The van der Waals surface area contributed by atoms with E-state index in [0.717, 1.165) is 11.1 Å². The fourth-order valence-electron chi connectivity index (χ4n) is 2.59. The molecular weight excluding hydrogens is 280 g/mol. The third-order valence-corrected chi connectivity index (χ3v) is 3.70. The number of aromatic carboxylic acids is 1. The van der Waals surface area contributed by atoms with Crippen LogP contribution in [0, 0.1) is 13.8 Å². The van der Waals surface area contributed by atoms with Crippen LogP contribution >= 0.6 is 0 Å². The van der Waals surface area contributed by atoms with Gasteiger partial charge in [0.05, 0.1) is 16.6 Å². The lowest BCUT2D eigenvalue weighted by molar-refractivity contribution is 0.0687. The van der Waals surface area contributed by atoms with Gasteiger partial charge in [-0.15, -0.1) is 0 Å². The van der Waals surface area contributed by atoms with Crippen molar-refractivity contribution in [3.63, 3.8) is 0 Å². The van der Waals surface area contributed by atoms with E-state index in [1.807, 2.05) is 26.0 Å². The largest absolute Gasteiger partial charge is 0.477 e. The smallest absolute Gasteiger partial charge is 0.353 e. The second-order valence-electron chi connectivity index (χ2n) is 5.15. The van der Waals surface area contributed by atoms with Gasteiger partial charge in [-0.25, -0.2) is 4.79 Å². The van der Waals surface area contributed by atoms with Crippen molar-refractivity contribution >= 4 is 16.9 Å². The number of rotatable bonds is 2. The van der Waals surface area contributed by atoms with Crippen molar-refractivity contribution in [1.82, 2.24) is 9.55 Å². The number of aryl methyl sites for hydroxylation is 2. The zero-order valence-corrected chi connectivity index (χ0v) is 12.2. The first-order valence-corrected chi connectivity index (χ1v) is 6.81. The standard InChI is InChI=1S/C17H14N2O3/c1-10-5-3-4-6-13(10)19-14(17(21)22)9-12-15(16(19)20)11(2)7-8-18-12/h3-9H,1-2H3,(H,21,22). The SMILES string of the molecule is Cc1ccccc1-n1c(C(=O)O)cc2nccc(C)c2c1=O. The Labute approximate surface area is 126 Å². The molecule has 0 saturated carbocycles. The molecule has 0 spiro atoms. The van der Waals surface area contributed by atoms with Crippen molar-refractivity contribution in [1.29, 1.82) is 0 Å². The van der Waals surface area contributed by atoms with Crippen LogP contribution in [0.5, 0.6) is 0 Å². The molecule has 0 bridgehead atoms. The highest BCUT2D eigenvalue weighted by molar-refractivity contribution is 5.92. The van der Waals surface area contributed by atoms with Gasteiger partial charge in [-0.3, -0.25) is 14.3 Å². The Morgan fingerprint density at radius 3 is 2.55 bits per heavy atom. The Kier molecular flexibility index (Phi) is 3.25. The monoisotopic (exact) mass is 294 g/mol. The first kappa shape index (κ1) is 14.0. The Bertz CT molecular complexity index is 958. The van der Waals surface area contributed by atoms with Crippen LogP contribution in [0.25, 0.3) is 16.6 Å². The quantitative estimate of drug-likeness (QED) is 0.788. The van der Waals surface area contributed by atoms with E-state index in [9.17, 15) is 14.7 Å². The highest BCUT2D eigenvalue weighted by Gasteiger charge is 2.18. The predicted octanol–water partition coefficient (Wildman–Crippen LogP) is 2.70. The molecule has 110 valence electrons. The third-order valence-electron chi connectivity index (χ3n) is 3.70. The van der Waals surface area contributed by atoms with E-state index in [1.54, 1.807) is 24.4 Å². The molecule has 0 aliphatic rings. The minimum atomic E-state index is -1.16. The van der Waals surface area contributed by atoms with Crippen LogP contribution in [0.3, 0.4) is 0 Å². The maximum atomic E-state index is 12.9. The molecular formula is C17H14N2O3. The molecule has 0 unspecified atom stereocenters. The highest BCUT2D eigenvalue weighted by Crippen LogP contribution is 2.19. The van der Waals surface area contributed by atoms with Gasteiger partial charge in [-0.1, -0.05) is 18.2 Å². The van der Waals surface area contributed by atoms with Crippen molar-refractivity contribution in [2.24, 2.45) is 0 Å². The van der Waals surface area contributed by atoms with E-state index >= 15 is 0 Å². The molecule has 1 N–H and O–H groups in total. The van der Waals surface area contributed by atoms with Crippen LogP contribution < -0.4 is 5.56 Å². The van der Waals surface area contributed by atoms with Gasteiger partial charge in [0.15, 0.2) is 0 Å². The van der Waals surface area contributed by atoms with Crippen LogP contribution in [0.2, 0.25) is 0 Å². The lowest BCUT2D eigenvalue weighted by Crippen LogP contribution is -2.26. The molecule has 3 aromatic rings. The van der Waals surface area contributed by atoms with Gasteiger partial charge in [-0.05, 0) is 43.2 Å². The fraction of sp³-hybridized carbons (Fsp3) is 0.118. The number of nitrogens with zero attached hydrogens (tertiary/aromatic N) is 2. The van der Waals surface area contributed by atoms with Crippen LogP contribution in [-0.2, 0) is 0 Å². The third kappa shape index (κ3) is 2.07. The predicted molar refractivity (Wildman–Crippen MR) is 83.8 cm³/mol. The summed E-state index contributed by atoms with van der Waals surface area (Å²) in [6.07, 6.45) is 1.57. The van der Waals surface area contributed by atoms with Crippen LogP contribution in [0.1, 0.15) is 21.6 Å². The number of pyridine rings is 2. The average Bonchev–Trinajstić information content (AvgIpc) is 2.48. The van der Waals surface area contributed by atoms with Crippen LogP contribution in [-0.4, -0.2) is 20.6 Å². The lowest BCUT2D eigenvalue weighted by atomic mass is 10.1. The van der Waals surface area contributed by atoms with Gasteiger partial charge in [0.2, 0.25) is 0 Å². The normalized spacial score (nSPS) is 10.8. The zero-order chi connectivity index (χ0) is 15.9. The highest BCUT2D eigenvalue weighted by atomic mass is 16.4. The topological polar surface area (TPSA) is 72.2 Å². The van der Waals surface area contributed by atoms with Gasteiger partial charge in [0.1, 0.15) is 5.69 Å². The zero-order valence-electron chi connectivity index (χ0n) is 12.2. The number of hydrogen-bond donors (Lipinski definition) is 1. The van der Waals surface area contributed by atoms with Gasteiger partial charge >= 0.3 is 5.97 Å². The molecule has 0 saturated heterocycles. The number of benzene rings is 1. The maximum Gasteiger partial charge on any atom is 0.353 e. The van der Waals surface area contributed by atoms with E-state index in [-0.39, 0.29) is 11.3 Å². The van der Waals surface area contributed by atoms with Crippen molar-refractivity contribution in [2.75, 3.05) is 0 Å². The number of aromatic nitrogens is 2. The molecule has 5 nitrogen and oxygen atoms in total. The average molecular weight is 294 g/mol. The van der Waals surface area contributed by atoms with Gasteiger partial charge in [-0.2, -0.15) is 0 Å². The molecule has 0 amide bonds. The molecule has 0 aliphatic carbocycles. The molecule has 5 heteroatoms. The van der Waals surface area contributed by atoms with E-state index in [1.165, 1.54) is 10.6 Å². The molecule has 2 heterocycles. The Morgan fingerprint density at radius 2 is 1.86 bits per heavy atom. The first-order valence-electron chi connectivity index (χ1n) is 6.81. The van der Waals surface area contributed by atoms with E-state index in [2.05, 4.69) is 4.98 Å². The Morgan fingerprint density at radius 1 is 1.14 bits per heavy atom. The molecule has 0 fully saturated rings. The summed E-state index contributed by atoms with van der Waals surface area (Å²) in [7, 11) is 0. The molecule has 1 aromatic carbocycles.